The van der Waals surface area contributed by atoms with Gasteiger partial charge in [-0.05, 0) is 34.2 Å². The fourth-order valence-electron chi connectivity index (χ4n) is 0.960. The van der Waals surface area contributed by atoms with Crippen molar-refractivity contribution >= 4 is 44.2 Å². The van der Waals surface area contributed by atoms with E-state index in [-0.39, 0.29) is 5.69 Å². The van der Waals surface area contributed by atoms with E-state index in [1.165, 1.54) is 12.1 Å². The van der Waals surface area contributed by atoms with Gasteiger partial charge in [0.2, 0.25) is 0 Å². The van der Waals surface area contributed by atoms with E-state index in [9.17, 15) is 10.1 Å². The Morgan fingerprint density at radius 1 is 1.64 bits per heavy atom. The summed E-state index contributed by atoms with van der Waals surface area (Å²) in [5.41, 5.74) is 1.15. The number of nitro groups is 1. The lowest BCUT2D eigenvalue weighted by Gasteiger charge is -2.01. The first-order chi connectivity index (χ1) is 6.60. The van der Waals surface area contributed by atoms with E-state index < -0.39 is 4.92 Å². The molecule has 1 aromatic rings. The van der Waals surface area contributed by atoms with Crippen molar-refractivity contribution in [3.05, 3.63) is 36.9 Å². The highest BCUT2D eigenvalue weighted by Crippen LogP contribution is 2.26. The van der Waals surface area contributed by atoms with Crippen LogP contribution in [0.15, 0.2) is 12.1 Å². The van der Waals surface area contributed by atoms with Crippen LogP contribution in [0.5, 0.6) is 0 Å². The zero-order chi connectivity index (χ0) is 10.7. The smallest absolute Gasteiger partial charge is 0.258 e. The first-order valence-electron chi connectivity index (χ1n) is 3.53. The Labute approximate surface area is 102 Å². The van der Waals surface area contributed by atoms with Crippen LogP contribution in [-0.4, -0.2) is 4.92 Å². The van der Waals surface area contributed by atoms with Crippen LogP contribution in [0.4, 0.5) is 5.69 Å². The fraction of sp³-hybridized carbons (Fsp3) is 0.125. The van der Waals surface area contributed by atoms with Gasteiger partial charge in [-0.2, -0.15) is 5.26 Å². The van der Waals surface area contributed by atoms with Crippen molar-refractivity contribution in [1.82, 2.24) is 0 Å². The first kappa shape index (κ1) is 11.4. The number of halogens is 2. The van der Waals surface area contributed by atoms with Crippen molar-refractivity contribution in [1.29, 1.82) is 5.26 Å². The molecule has 0 heterocycles. The normalized spacial score (nSPS) is 9.50. The molecule has 0 radical (unpaired) electrons. The van der Waals surface area contributed by atoms with Crippen LogP contribution < -0.4 is 0 Å². The summed E-state index contributed by atoms with van der Waals surface area (Å²) in [7, 11) is 0. The minimum atomic E-state index is -0.449. The van der Waals surface area contributed by atoms with Gasteiger partial charge in [-0.25, -0.2) is 0 Å². The van der Waals surface area contributed by atoms with E-state index in [0.29, 0.717) is 20.0 Å². The molecule has 14 heavy (non-hydrogen) atoms. The molecule has 0 N–H and O–H groups in total. The molecule has 0 amide bonds. The van der Waals surface area contributed by atoms with E-state index in [1.54, 1.807) is 0 Å². The number of hydrogen-bond donors (Lipinski definition) is 0. The summed E-state index contributed by atoms with van der Waals surface area (Å²) < 4.78 is 0.480. The molecule has 72 valence electrons. The second-order valence-corrected chi connectivity index (χ2v) is 4.19. The lowest BCUT2D eigenvalue weighted by Crippen LogP contribution is -1.95. The van der Waals surface area contributed by atoms with E-state index in [4.69, 9.17) is 5.26 Å². The third kappa shape index (κ3) is 2.22. The minimum Gasteiger partial charge on any atom is -0.258 e. The summed E-state index contributed by atoms with van der Waals surface area (Å²) in [6.45, 7) is 0. The average Bonchev–Trinajstić information content (AvgIpc) is 2.16. The molecule has 4 nitrogen and oxygen atoms in total. The number of nitriles is 1. The Hall–Kier alpha value is -0.680. The summed E-state index contributed by atoms with van der Waals surface area (Å²) in [6.07, 6.45) is 0. The fourth-order valence-corrected chi connectivity index (χ4v) is 2.09. The molecule has 0 bridgehead atoms. The predicted octanol–water partition coefficient (Wildman–Crippen LogP) is 2.97. The van der Waals surface area contributed by atoms with E-state index in [2.05, 4.69) is 15.9 Å². The van der Waals surface area contributed by atoms with Crippen LogP contribution in [-0.2, 0) is 5.33 Å². The van der Waals surface area contributed by atoms with Gasteiger partial charge in [0, 0.05) is 11.4 Å². The molecule has 0 saturated carbocycles. The summed E-state index contributed by atoms with van der Waals surface area (Å²) in [5.74, 6) is 0. The van der Waals surface area contributed by atoms with Crippen molar-refractivity contribution in [2.24, 2.45) is 0 Å². The van der Waals surface area contributed by atoms with Crippen LogP contribution in [0.1, 0.15) is 11.1 Å². The highest BCUT2D eigenvalue weighted by atomic mass is 127. The zero-order valence-corrected chi connectivity index (χ0v) is 10.6. The molecular weight excluding hydrogens is 363 g/mol. The van der Waals surface area contributed by atoms with Crippen molar-refractivity contribution in [3.8, 4) is 6.07 Å². The van der Waals surface area contributed by atoms with Crippen molar-refractivity contribution in [3.63, 3.8) is 0 Å². The molecule has 0 aromatic heterocycles. The molecule has 0 atom stereocenters. The van der Waals surface area contributed by atoms with Gasteiger partial charge >= 0.3 is 0 Å². The molecule has 6 heteroatoms. The largest absolute Gasteiger partial charge is 0.283 e. The Balaban J connectivity index is 3.39. The monoisotopic (exact) mass is 366 g/mol. The molecule has 0 aliphatic rings. The quantitative estimate of drug-likeness (QED) is 0.350. The molecule has 0 unspecified atom stereocenters. The van der Waals surface area contributed by atoms with Gasteiger partial charge in [0.05, 0.1) is 20.1 Å². The molecule has 0 aliphatic heterocycles. The zero-order valence-electron chi connectivity index (χ0n) is 6.83. The van der Waals surface area contributed by atoms with Gasteiger partial charge in [0.1, 0.15) is 0 Å². The number of hydrogen-bond acceptors (Lipinski definition) is 3. The maximum Gasteiger partial charge on any atom is 0.283 e. The summed E-state index contributed by atoms with van der Waals surface area (Å²) >= 11 is 5.03. The highest BCUT2D eigenvalue weighted by Gasteiger charge is 2.15. The maximum atomic E-state index is 10.6. The number of benzene rings is 1. The minimum absolute atomic E-state index is 0.0408. The van der Waals surface area contributed by atoms with Gasteiger partial charge < -0.3 is 0 Å². The molecule has 0 aliphatic carbocycles. The predicted molar refractivity (Wildman–Crippen MR) is 63.2 cm³/mol. The summed E-state index contributed by atoms with van der Waals surface area (Å²) in [5, 5.41) is 19.8. The number of nitro benzene ring substituents is 1. The van der Waals surface area contributed by atoms with Crippen LogP contribution in [0, 0.1) is 25.0 Å². The maximum absolute atomic E-state index is 10.6. The summed E-state index contributed by atoms with van der Waals surface area (Å²) in [4.78, 5) is 10.1. The van der Waals surface area contributed by atoms with E-state index >= 15 is 0 Å². The van der Waals surface area contributed by atoms with Gasteiger partial charge in [0.25, 0.3) is 5.69 Å². The molecule has 1 aromatic carbocycles. The second-order valence-electron chi connectivity index (χ2n) is 2.46. The number of nitrogens with zero attached hydrogens (tertiary/aromatic N) is 2. The van der Waals surface area contributed by atoms with Gasteiger partial charge in [-0.1, -0.05) is 15.9 Å². The standard InChI is InChI=1S/C8H4BrIN2O2/c9-3-5-2-8(12(13)14)7(10)1-6(5)4-11/h1-2H,3H2. The Bertz CT molecular complexity index is 428. The molecule has 0 spiro atoms. The topological polar surface area (TPSA) is 66.9 Å². The van der Waals surface area contributed by atoms with Crippen LogP contribution >= 0.6 is 38.5 Å². The number of alkyl halides is 1. The van der Waals surface area contributed by atoms with Crippen LogP contribution in [0.25, 0.3) is 0 Å². The van der Waals surface area contributed by atoms with Gasteiger partial charge in [-0.3, -0.25) is 10.1 Å². The van der Waals surface area contributed by atoms with Crippen LogP contribution in [0.2, 0.25) is 0 Å². The highest BCUT2D eigenvalue weighted by molar-refractivity contribution is 14.1. The number of rotatable bonds is 2. The van der Waals surface area contributed by atoms with Crippen LogP contribution in [0.3, 0.4) is 0 Å². The van der Waals surface area contributed by atoms with E-state index in [1.807, 2.05) is 28.7 Å². The van der Waals surface area contributed by atoms with Crippen molar-refractivity contribution < 1.29 is 4.92 Å². The lowest BCUT2D eigenvalue weighted by molar-refractivity contribution is -0.385. The third-order valence-electron chi connectivity index (χ3n) is 1.63. The lowest BCUT2D eigenvalue weighted by atomic mass is 10.1. The SMILES string of the molecule is N#Cc1cc(I)c([N+](=O)[O-])cc1CBr. The van der Waals surface area contributed by atoms with E-state index in [0.717, 1.165) is 0 Å². The molecular formula is C8H4BrIN2O2. The molecule has 1 rings (SSSR count). The Morgan fingerprint density at radius 2 is 2.29 bits per heavy atom. The Morgan fingerprint density at radius 3 is 2.71 bits per heavy atom. The first-order valence-corrected chi connectivity index (χ1v) is 5.73. The van der Waals surface area contributed by atoms with Crippen molar-refractivity contribution in [2.75, 3.05) is 0 Å². The van der Waals surface area contributed by atoms with Gasteiger partial charge in [0.15, 0.2) is 0 Å². The molecule has 0 saturated heterocycles. The van der Waals surface area contributed by atoms with Gasteiger partial charge in [-0.15, -0.1) is 0 Å². The molecule has 0 fully saturated rings. The second kappa shape index (κ2) is 4.70. The third-order valence-corrected chi connectivity index (χ3v) is 3.10. The Kier molecular flexibility index (Phi) is 3.83. The average molecular weight is 367 g/mol. The summed E-state index contributed by atoms with van der Waals surface area (Å²) in [6, 6.07) is 4.94. The van der Waals surface area contributed by atoms with Crippen molar-refractivity contribution in [2.45, 2.75) is 5.33 Å².